The van der Waals surface area contributed by atoms with Crippen molar-refractivity contribution in [3.8, 4) is 5.75 Å². The number of hydrogen-bond donors (Lipinski definition) is 3. The van der Waals surface area contributed by atoms with Crippen molar-refractivity contribution in [3.63, 3.8) is 0 Å². The summed E-state index contributed by atoms with van der Waals surface area (Å²) in [6, 6.07) is 4.26. The van der Waals surface area contributed by atoms with Crippen LogP contribution in [0.5, 0.6) is 5.75 Å². The Bertz CT molecular complexity index is 368. The second-order valence-electron chi connectivity index (χ2n) is 3.25. The van der Waals surface area contributed by atoms with Crippen LogP contribution < -0.4 is 5.73 Å². The summed E-state index contributed by atoms with van der Waals surface area (Å²) in [4.78, 5) is 10.3. The molecule has 0 bridgehead atoms. The molecule has 0 aliphatic rings. The van der Waals surface area contributed by atoms with Crippen molar-refractivity contribution in [2.45, 2.75) is 18.9 Å². The maximum Gasteiger partial charge on any atom is 0.303 e. The fraction of sp³-hybridized carbons (Fsp3) is 0.300. The molecule has 82 valence electrons. The number of nitrogens with two attached hydrogens (primary N) is 1. The highest BCUT2D eigenvalue weighted by molar-refractivity contribution is 6.32. The molecule has 4 N–H and O–H groups in total. The Labute approximate surface area is 92.3 Å². The van der Waals surface area contributed by atoms with Crippen molar-refractivity contribution < 1.29 is 15.0 Å². The molecule has 1 rings (SSSR count). The predicted octanol–water partition coefficient (Wildman–Crippen LogP) is 1.91. The lowest BCUT2D eigenvalue weighted by molar-refractivity contribution is -0.137. The Morgan fingerprint density at radius 2 is 2.20 bits per heavy atom. The van der Waals surface area contributed by atoms with Crippen LogP contribution in [0.3, 0.4) is 0 Å². The van der Waals surface area contributed by atoms with Gasteiger partial charge in [-0.3, -0.25) is 4.79 Å². The molecule has 15 heavy (non-hydrogen) atoms. The molecule has 0 spiro atoms. The molecule has 0 amide bonds. The number of carboxylic acids is 1. The van der Waals surface area contributed by atoms with Crippen LogP contribution in [0.15, 0.2) is 18.2 Å². The van der Waals surface area contributed by atoms with Gasteiger partial charge in [-0.15, -0.1) is 0 Å². The molecule has 1 atom stereocenters. The average Bonchev–Trinajstić information content (AvgIpc) is 2.18. The largest absolute Gasteiger partial charge is 0.506 e. The van der Waals surface area contributed by atoms with Crippen LogP contribution in [0.1, 0.15) is 24.4 Å². The zero-order valence-corrected chi connectivity index (χ0v) is 8.74. The van der Waals surface area contributed by atoms with Gasteiger partial charge in [0.2, 0.25) is 0 Å². The van der Waals surface area contributed by atoms with Crippen LogP contribution in [0.25, 0.3) is 0 Å². The van der Waals surface area contributed by atoms with Crippen molar-refractivity contribution in [2.75, 3.05) is 0 Å². The minimum Gasteiger partial charge on any atom is -0.506 e. The first-order chi connectivity index (χ1) is 7.00. The maximum atomic E-state index is 10.3. The number of aliphatic carboxylic acids is 1. The van der Waals surface area contributed by atoms with Gasteiger partial charge < -0.3 is 15.9 Å². The number of hydrogen-bond acceptors (Lipinski definition) is 3. The highest BCUT2D eigenvalue weighted by Gasteiger charge is 2.10. The van der Waals surface area contributed by atoms with E-state index >= 15 is 0 Å². The molecule has 1 aromatic carbocycles. The number of aromatic hydroxyl groups is 1. The molecule has 0 aliphatic heterocycles. The van der Waals surface area contributed by atoms with Gasteiger partial charge in [0.1, 0.15) is 5.75 Å². The Kier molecular flexibility index (Phi) is 3.94. The standard InChI is InChI=1S/C10H12ClNO3/c11-7-2-1-6(5-9(7)13)8(12)3-4-10(14)15/h1-2,5,8,13H,3-4,12H2,(H,14,15). The van der Waals surface area contributed by atoms with Crippen LogP contribution in [-0.4, -0.2) is 16.2 Å². The SMILES string of the molecule is NC(CCC(=O)O)c1ccc(Cl)c(O)c1. The van der Waals surface area contributed by atoms with Crippen molar-refractivity contribution in [3.05, 3.63) is 28.8 Å². The molecule has 0 aromatic heterocycles. The zero-order chi connectivity index (χ0) is 11.4. The molecule has 1 aromatic rings. The van der Waals surface area contributed by atoms with Crippen LogP contribution in [0, 0.1) is 0 Å². The summed E-state index contributed by atoms with van der Waals surface area (Å²) < 4.78 is 0. The third-order valence-corrected chi connectivity index (χ3v) is 2.39. The second-order valence-corrected chi connectivity index (χ2v) is 3.66. The summed E-state index contributed by atoms with van der Waals surface area (Å²) in [6.45, 7) is 0. The summed E-state index contributed by atoms with van der Waals surface area (Å²) >= 11 is 5.63. The van der Waals surface area contributed by atoms with E-state index in [-0.39, 0.29) is 17.2 Å². The molecule has 0 saturated heterocycles. The van der Waals surface area contributed by atoms with E-state index in [4.69, 9.17) is 22.4 Å². The van der Waals surface area contributed by atoms with Gasteiger partial charge in [0.05, 0.1) is 5.02 Å². The van der Waals surface area contributed by atoms with E-state index in [0.717, 1.165) is 0 Å². The Balaban J connectivity index is 2.69. The first-order valence-corrected chi connectivity index (χ1v) is 4.84. The molecule has 4 nitrogen and oxygen atoms in total. The van der Waals surface area contributed by atoms with E-state index < -0.39 is 12.0 Å². The molecule has 5 heteroatoms. The number of phenols is 1. The molecule has 0 aliphatic carbocycles. The minimum atomic E-state index is -0.886. The van der Waals surface area contributed by atoms with E-state index in [9.17, 15) is 9.90 Å². The number of rotatable bonds is 4. The molecular weight excluding hydrogens is 218 g/mol. The van der Waals surface area contributed by atoms with Gasteiger partial charge >= 0.3 is 5.97 Å². The average molecular weight is 230 g/mol. The van der Waals surface area contributed by atoms with Crippen LogP contribution in [0.4, 0.5) is 0 Å². The minimum absolute atomic E-state index is 0.00452. The summed E-state index contributed by atoms with van der Waals surface area (Å²) in [7, 11) is 0. The van der Waals surface area contributed by atoms with E-state index in [1.165, 1.54) is 12.1 Å². The summed E-state index contributed by atoms with van der Waals surface area (Å²) in [5.41, 5.74) is 6.42. The molecule has 0 heterocycles. The highest BCUT2D eigenvalue weighted by Crippen LogP contribution is 2.27. The first kappa shape index (κ1) is 11.8. The Morgan fingerprint density at radius 3 is 2.73 bits per heavy atom. The molecule has 1 unspecified atom stereocenters. The first-order valence-electron chi connectivity index (χ1n) is 4.46. The van der Waals surface area contributed by atoms with Gasteiger partial charge in [-0.05, 0) is 24.1 Å². The van der Waals surface area contributed by atoms with Crippen molar-refractivity contribution in [1.82, 2.24) is 0 Å². The quantitative estimate of drug-likeness (QED) is 0.737. The van der Waals surface area contributed by atoms with E-state index in [0.29, 0.717) is 12.0 Å². The Morgan fingerprint density at radius 1 is 1.53 bits per heavy atom. The Hall–Kier alpha value is -1.26. The fourth-order valence-corrected chi connectivity index (χ4v) is 1.32. The smallest absolute Gasteiger partial charge is 0.303 e. The number of phenolic OH excluding ortho intramolecular Hbond substituents is 1. The number of benzene rings is 1. The third kappa shape index (κ3) is 3.42. The molecule has 0 radical (unpaired) electrons. The molecule has 0 saturated carbocycles. The summed E-state index contributed by atoms with van der Waals surface area (Å²) in [6.07, 6.45) is 0.334. The van der Waals surface area contributed by atoms with Crippen molar-refractivity contribution >= 4 is 17.6 Å². The lowest BCUT2D eigenvalue weighted by Crippen LogP contribution is -2.12. The highest BCUT2D eigenvalue weighted by atomic mass is 35.5. The van der Waals surface area contributed by atoms with Crippen LogP contribution >= 0.6 is 11.6 Å². The van der Waals surface area contributed by atoms with E-state index in [1.54, 1.807) is 6.07 Å². The van der Waals surface area contributed by atoms with E-state index in [1.807, 2.05) is 0 Å². The number of carbonyl (C=O) groups is 1. The van der Waals surface area contributed by atoms with Crippen molar-refractivity contribution in [2.24, 2.45) is 5.73 Å². The second kappa shape index (κ2) is 5.00. The van der Waals surface area contributed by atoms with Crippen LogP contribution in [0.2, 0.25) is 5.02 Å². The van der Waals surface area contributed by atoms with Gasteiger partial charge in [-0.2, -0.15) is 0 Å². The third-order valence-electron chi connectivity index (χ3n) is 2.07. The van der Waals surface area contributed by atoms with Gasteiger partial charge in [0.25, 0.3) is 0 Å². The number of carboxylic acid groups (broad SMARTS) is 1. The lowest BCUT2D eigenvalue weighted by atomic mass is 10.0. The monoisotopic (exact) mass is 229 g/mol. The lowest BCUT2D eigenvalue weighted by Gasteiger charge is -2.11. The summed E-state index contributed by atoms with van der Waals surface area (Å²) in [5.74, 6) is -0.927. The summed E-state index contributed by atoms with van der Waals surface area (Å²) in [5, 5.41) is 18.1. The predicted molar refractivity (Wildman–Crippen MR) is 56.9 cm³/mol. The maximum absolute atomic E-state index is 10.3. The van der Waals surface area contributed by atoms with Gasteiger partial charge in [-0.1, -0.05) is 17.7 Å². The molecular formula is C10H12ClNO3. The van der Waals surface area contributed by atoms with Gasteiger partial charge in [0.15, 0.2) is 0 Å². The number of halogens is 1. The molecule has 0 fully saturated rings. The fourth-order valence-electron chi connectivity index (χ4n) is 1.21. The topological polar surface area (TPSA) is 83.6 Å². The zero-order valence-electron chi connectivity index (χ0n) is 7.98. The van der Waals surface area contributed by atoms with Gasteiger partial charge in [-0.25, -0.2) is 0 Å². The normalized spacial score (nSPS) is 12.4. The van der Waals surface area contributed by atoms with Crippen molar-refractivity contribution in [1.29, 1.82) is 0 Å². The van der Waals surface area contributed by atoms with E-state index in [2.05, 4.69) is 0 Å². The van der Waals surface area contributed by atoms with Crippen LogP contribution in [-0.2, 0) is 4.79 Å². The van der Waals surface area contributed by atoms with Gasteiger partial charge in [0, 0.05) is 12.5 Å².